The van der Waals surface area contributed by atoms with Gasteiger partial charge < -0.3 is 10.2 Å². The maximum atomic E-state index is 13.0. The number of nitrogens with one attached hydrogen (secondary N) is 1. The van der Waals surface area contributed by atoms with Crippen LogP contribution in [0.2, 0.25) is 5.02 Å². The molecule has 112 valence electrons. The maximum absolute atomic E-state index is 13.0. The van der Waals surface area contributed by atoms with Crippen LogP contribution >= 0.6 is 11.6 Å². The second-order valence-corrected chi connectivity index (χ2v) is 5.18. The molecule has 0 spiro atoms. The second kappa shape index (κ2) is 8.93. The molecule has 0 atom stereocenters. The normalized spacial score (nSPS) is 10.8. The number of amides is 1. The van der Waals surface area contributed by atoms with E-state index in [1.807, 2.05) is 0 Å². The van der Waals surface area contributed by atoms with Crippen molar-refractivity contribution in [1.82, 2.24) is 4.90 Å². The molecule has 0 aliphatic carbocycles. The molecule has 0 radical (unpaired) electrons. The lowest BCUT2D eigenvalue weighted by atomic mass is 10.2. The van der Waals surface area contributed by atoms with Crippen molar-refractivity contribution in [3.8, 4) is 0 Å². The van der Waals surface area contributed by atoms with Gasteiger partial charge in [0.2, 0.25) is 5.91 Å². The lowest BCUT2D eigenvalue weighted by molar-refractivity contribution is -0.116. The first-order valence-electron chi connectivity index (χ1n) is 7.04. The molecular formula is C15H22ClFN2O. The highest BCUT2D eigenvalue weighted by Gasteiger charge is 2.08. The summed E-state index contributed by atoms with van der Waals surface area (Å²) in [7, 11) is 0. The molecule has 0 unspecified atom stereocenters. The van der Waals surface area contributed by atoms with Crippen molar-refractivity contribution >= 4 is 23.2 Å². The third-order valence-electron chi connectivity index (χ3n) is 2.94. The molecule has 0 heterocycles. The second-order valence-electron chi connectivity index (χ2n) is 4.77. The molecule has 0 saturated heterocycles. The number of carbonyl (C=O) groups excluding carboxylic acids is 1. The summed E-state index contributed by atoms with van der Waals surface area (Å²) < 4.78 is 13.0. The fourth-order valence-corrected chi connectivity index (χ4v) is 2.21. The number of carbonyl (C=O) groups is 1. The lowest BCUT2D eigenvalue weighted by Gasteiger charge is -2.20. The fraction of sp³-hybridized carbons (Fsp3) is 0.533. The Kier molecular flexibility index (Phi) is 7.55. The summed E-state index contributed by atoms with van der Waals surface area (Å²) >= 11 is 5.67. The van der Waals surface area contributed by atoms with Gasteiger partial charge in [-0.25, -0.2) is 4.39 Å². The zero-order valence-corrected chi connectivity index (χ0v) is 12.8. The summed E-state index contributed by atoms with van der Waals surface area (Å²) in [6.07, 6.45) is 2.58. The zero-order chi connectivity index (χ0) is 15.0. The average molecular weight is 301 g/mol. The standard InChI is InChI=1S/C15H22ClFN2O/c1-3-8-19(9-4-2)10-7-15(20)18-12-5-6-14(17)13(16)11-12/h5-6,11H,3-4,7-10H2,1-2H3,(H,18,20). The monoisotopic (exact) mass is 300 g/mol. The Labute approximate surface area is 125 Å². The number of anilines is 1. The quantitative estimate of drug-likeness (QED) is 0.789. The van der Waals surface area contributed by atoms with Crippen LogP contribution in [0, 0.1) is 5.82 Å². The molecule has 1 rings (SSSR count). The van der Waals surface area contributed by atoms with Gasteiger partial charge >= 0.3 is 0 Å². The highest BCUT2D eigenvalue weighted by Crippen LogP contribution is 2.19. The van der Waals surface area contributed by atoms with Crippen LogP contribution in [0.4, 0.5) is 10.1 Å². The van der Waals surface area contributed by atoms with E-state index in [2.05, 4.69) is 24.1 Å². The minimum Gasteiger partial charge on any atom is -0.326 e. The van der Waals surface area contributed by atoms with Crippen molar-refractivity contribution in [3.63, 3.8) is 0 Å². The first kappa shape index (κ1) is 16.9. The van der Waals surface area contributed by atoms with Gasteiger partial charge in [0, 0.05) is 18.7 Å². The average Bonchev–Trinajstić information content (AvgIpc) is 2.41. The molecule has 0 saturated carbocycles. The van der Waals surface area contributed by atoms with Crippen LogP contribution in [0.25, 0.3) is 0 Å². The molecule has 0 bridgehead atoms. The molecule has 1 N–H and O–H groups in total. The van der Waals surface area contributed by atoms with E-state index in [9.17, 15) is 9.18 Å². The van der Waals surface area contributed by atoms with Gasteiger partial charge in [-0.1, -0.05) is 25.4 Å². The summed E-state index contributed by atoms with van der Waals surface area (Å²) in [5, 5.41) is 2.75. The molecule has 0 aromatic heterocycles. The fourth-order valence-electron chi connectivity index (χ4n) is 2.02. The minimum atomic E-state index is -0.485. The Hall–Kier alpha value is -1.13. The number of rotatable bonds is 8. The molecule has 0 aliphatic heterocycles. The van der Waals surface area contributed by atoms with Crippen molar-refractivity contribution in [2.75, 3.05) is 25.0 Å². The van der Waals surface area contributed by atoms with E-state index in [0.29, 0.717) is 12.1 Å². The van der Waals surface area contributed by atoms with Crippen LogP contribution in [0.5, 0.6) is 0 Å². The largest absolute Gasteiger partial charge is 0.326 e. The van der Waals surface area contributed by atoms with Crippen LogP contribution in [0.3, 0.4) is 0 Å². The first-order chi connectivity index (χ1) is 9.56. The number of hydrogen-bond donors (Lipinski definition) is 1. The molecule has 5 heteroatoms. The minimum absolute atomic E-state index is 0.0152. The predicted octanol–water partition coefficient (Wildman–Crippen LogP) is 3.93. The Morgan fingerprint density at radius 3 is 2.45 bits per heavy atom. The van der Waals surface area contributed by atoms with Crippen molar-refractivity contribution in [2.45, 2.75) is 33.1 Å². The van der Waals surface area contributed by atoms with Gasteiger partial charge in [-0.05, 0) is 44.1 Å². The van der Waals surface area contributed by atoms with Gasteiger partial charge in [0.05, 0.1) is 5.02 Å². The molecule has 3 nitrogen and oxygen atoms in total. The van der Waals surface area contributed by atoms with Crippen LogP contribution in [-0.2, 0) is 4.79 Å². The topological polar surface area (TPSA) is 32.3 Å². The molecule has 1 amide bonds. The third kappa shape index (κ3) is 5.88. The SMILES string of the molecule is CCCN(CCC)CCC(=O)Nc1ccc(F)c(Cl)c1. The zero-order valence-electron chi connectivity index (χ0n) is 12.1. The Balaban J connectivity index is 2.44. The van der Waals surface area contributed by atoms with E-state index in [1.54, 1.807) is 0 Å². The highest BCUT2D eigenvalue weighted by molar-refractivity contribution is 6.31. The number of hydrogen-bond acceptors (Lipinski definition) is 2. The number of nitrogens with zero attached hydrogens (tertiary/aromatic N) is 1. The third-order valence-corrected chi connectivity index (χ3v) is 3.23. The van der Waals surface area contributed by atoms with Gasteiger partial charge in [-0.2, -0.15) is 0 Å². The smallest absolute Gasteiger partial charge is 0.225 e. The van der Waals surface area contributed by atoms with Gasteiger partial charge in [0.1, 0.15) is 5.82 Å². The van der Waals surface area contributed by atoms with E-state index in [4.69, 9.17) is 11.6 Å². The van der Waals surface area contributed by atoms with Gasteiger partial charge in [-0.3, -0.25) is 4.79 Å². The number of halogens is 2. The van der Waals surface area contributed by atoms with E-state index >= 15 is 0 Å². The van der Waals surface area contributed by atoms with Gasteiger partial charge in [-0.15, -0.1) is 0 Å². The van der Waals surface area contributed by atoms with Crippen molar-refractivity contribution in [1.29, 1.82) is 0 Å². The van der Waals surface area contributed by atoms with E-state index in [1.165, 1.54) is 18.2 Å². The van der Waals surface area contributed by atoms with E-state index in [0.717, 1.165) is 32.5 Å². The molecule has 1 aromatic rings. The van der Waals surface area contributed by atoms with Crippen molar-refractivity contribution < 1.29 is 9.18 Å². The van der Waals surface area contributed by atoms with Crippen LogP contribution in [-0.4, -0.2) is 30.4 Å². The van der Waals surface area contributed by atoms with Crippen LogP contribution in [0.15, 0.2) is 18.2 Å². The van der Waals surface area contributed by atoms with E-state index in [-0.39, 0.29) is 10.9 Å². The Morgan fingerprint density at radius 2 is 1.90 bits per heavy atom. The Morgan fingerprint density at radius 1 is 1.25 bits per heavy atom. The highest BCUT2D eigenvalue weighted by atomic mass is 35.5. The van der Waals surface area contributed by atoms with Crippen molar-refractivity contribution in [2.24, 2.45) is 0 Å². The summed E-state index contributed by atoms with van der Waals surface area (Å²) in [5.74, 6) is -0.563. The van der Waals surface area contributed by atoms with Gasteiger partial charge in [0.15, 0.2) is 0 Å². The van der Waals surface area contributed by atoms with Crippen molar-refractivity contribution in [3.05, 3.63) is 29.0 Å². The molecular weight excluding hydrogens is 279 g/mol. The lowest BCUT2D eigenvalue weighted by Crippen LogP contribution is -2.29. The summed E-state index contributed by atoms with van der Waals surface area (Å²) in [4.78, 5) is 14.1. The molecule has 0 aliphatic rings. The van der Waals surface area contributed by atoms with Crippen LogP contribution < -0.4 is 5.32 Å². The summed E-state index contributed by atoms with van der Waals surface area (Å²) in [6, 6.07) is 4.18. The number of benzene rings is 1. The molecule has 0 fully saturated rings. The summed E-state index contributed by atoms with van der Waals surface area (Å²) in [5.41, 5.74) is 0.527. The molecule has 20 heavy (non-hydrogen) atoms. The van der Waals surface area contributed by atoms with E-state index < -0.39 is 5.82 Å². The maximum Gasteiger partial charge on any atom is 0.225 e. The van der Waals surface area contributed by atoms with Gasteiger partial charge in [0.25, 0.3) is 0 Å². The summed E-state index contributed by atoms with van der Waals surface area (Å²) in [6.45, 7) is 7.00. The predicted molar refractivity (Wildman–Crippen MR) is 81.7 cm³/mol. The van der Waals surface area contributed by atoms with Crippen LogP contribution in [0.1, 0.15) is 33.1 Å². The first-order valence-corrected chi connectivity index (χ1v) is 7.41. The Bertz CT molecular complexity index is 434. The molecule has 1 aromatic carbocycles.